The van der Waals surface area contributed by atoms with Crippen molar-refractivity contribution < 1.29 is 22.4 Å². The second-order valence-electron chi connectivity index (χ2n) is 6.22. The summed E-state index contributed by atoms with van der Waals surface area (Å²) in [6.07, 6.45) is -5.48. The van der Waals surface area contributed by atoms with Gasteiger partial charge in [-0.1, -0.05) is 30.3 Å². The van der Waals surface area contributed by atoms with E-state index in [-0.39, 0.29) is 0 Å². The van der Waals surface area contributed by atoms with Crippen LogP contribution in [0.25, 0.3) is 0 Å². The van der Waals surface area contributed by atoms with Crippen LogP contribution in [0.4, 0.5) is 13.2 Å². The van der Waals surface area contributed by atoms with Crippen LogP contribution in [0.5, 0.6) is 0 Å². The van der Waals surface area contributed by atoms with E-state index in [1.807, 2.05) is 25.7 Å². The molecule has 7 heteroatoms. The van der Waals surface area contributed by atoms with Gasteiger partial charge in [0, 0.05) is 7.05 Å². The number of hydrogen-bond acceptors (Lipinski definition) is 2. The van der Waals surface area contributed by atoms with Gasteiger partial charge in [0.15, 0.2) is 8.32 Å². The van der Waals surface area contributed by atoms with Crippen LogP contribution in [-0.2, 0) is 9.22 Å². The molecule has 22 heavy (non-hydrogen) atoms. The molecule has 0 saturated carbocycles. The fraction of sp³-hybridized carbons (Fsp3) is 0.533. The molecule has 0 radical (unpaired) electrons. The highest BCUT2D eigenvalue weighted by Gasteiger charge is 2.44. The summed E-state index contributed by atoms with van der Waals surface area (Å²) >= 11 is 0. The van der Waals surface area contributed by atoms with Crippen molar-refractivity contribution in [1.82, 2.24) is 4.90 Å². The van der Waals surface area contributed by atoms with Crippen LogP contribution in [0.3, 0.4) is 0 Å². The second-order valence-corrected chi connectivity index (χ2v) is 10.7. The van der Waals surface area contributed by atoms with Crippen LogP contribution in [0.15, 0.2) is 30.3 Å². The first-order chi connectivity index (χ1) is 9.93. The first-order valence-electron chi connectivity index (χ1n) is 7.00. The molecule has 0 N–H and O–H groups in total. The van der Waals surface area contributed by atoms with E-state index in [1.165, 1.54) is 0 Å². The number of nitrogens with zero attached hydrogens (tertiary/aromatic N) is 1. The molecule has 0 bridgehead atoms. The van der Waals surface area contributed by atoms with Gasteiger partial charge in [0.2, 0.25) is 0 Å². The van der Waals surface area contributed by atoms with E-state index in [9.17, 15) is 18.0 Å². The fourth-order valence-electron chi connectivity index (χ4n) is 2.06. The maximum Gasteiger partial charge on any atom is 0.471 e. The van der Waals surface area contributed by atoms with Gasteiger partial charge in [-0.3, -0.25) is 4.79 Å². The van der Waals surface area contributed by atoms with Crippen molar-refractivity contribution in [3.05, 3.63) is 35.9 Å². The third-order valence-electron chi connectivity index (χ3n) is 3.22. The van der Waals surface area contributed by atoms with Crippen LogP contribution < -0.4 is 0 Å². The zero-order valence-electron chi connectivity index (χ0n) is 13.4. The molecular formula is C15H22F3NO2Si. The molecule has 3 nitrogen and oxygen atoms in total. The summed E-state index contributed by atoms with van der Waals surface area (Å²) in [5.41, 5.74) is 0.763. The van der Waals surface area contributed by atoms with E-state index >= 15 is 0 Å². The number of alkyl halides is 3. The standard InChI is InChI=1S/C15H22F3NO2Si/c1-11(19(2)14(20)15(16,17)18)13(21-22(3,4)5)12-9-7-6-8-10-12/h6-11,13H,1-5H3. The Kier molecular flexibility index (Phi) is 5.80. The van der Waals surface area contributed by atoms with Crippen molar-refractivity contribution in [2.45, 2.75) is 44.9 Å². The predicted octanol–water partition coefficient (Wildman–Crippen LogP) is 3.99. The SMILES string of the molecule is CC(C(O[Si](C)(C)C)c1ccccc1)N(C)C(=O)C(F)(F)F. The van der Waals surface area contributed by atoms with Gasteiger partial charge in [-0.05, 0) is 32.1 Å². The van der Waals surface area contributed by atoms with Crippen LogP contribution in [-0.4, -0.2) is 38.4 Å². The zero-order valence-corrected chi connectivity index (χ0v) is 14.4. The number of rotatable bonds is 5. The molecule has 2 atom stereocenters. The van der Waals surface area contributed by atoms with Gasteiger partial charge in [-0.2, -0.15) is 13.2 Å². The van der Waals surface area contributed by atoms with E-state index < -0.39 is 32.5 Å². The molecule has 0 saturated heterocycles. The lowest BCUT2D eigenvalue weighted by atomic mass is 10.0. The highest BCUT2D eigenvalue weighted by atomic mass is 28.4. The van der Waals surface area contributed by atoms with E-state index in [0.717, 1.165) is 12.6 Å². The highest BCUT2D eigenvalue weighted by Crippen LogP contribution is 2.30. The number of benzene rings is 1. The molecular weight excluding hydrogens is 311 g/mol. The lowest BCUT2D eigenvalue weighted by Gasteiger charge is -2.36. The lowest BCUT2D eigenvalue weighted by molar-refractivity contribution is -0.187. The summed E-state index contributed by atoms with van der Waals surface area (Å²) < 4.78 is 44.0. The Balaban J connectivity index is 3.08. The summed E-state index contributed by atoms with van der Waals surface area (Å²) in [6, 6.07) is 8.29. The molecule has 124 valence electrons. The van der Waals surface area contributed by atoms with Crippen molar-refractivity contribution in [2.75, 3.05) is 7.05 Å². The molecule has 0 aliphatic rings. The molecule has 1 amide bonds. The Bertz CT molecular complexity index is 500. The molecule has 0 aliphatic heterocycles. The number of hydrogen-bond donors (Lipinski definition) is 0. The van der Waals surface area contributed by atoms with Gasteiger partial charge in [0.1, 0.15) is 0 Å². The van der Waals surface area contributed by atoms with E-state index in [0.29, 0.717) is 4.90 Å². The van der Waals surface area contributed by atoms with Gasteiger partial charge in [-0.15, -0.1) is 0 Å². The Morgan fingerprint density at radius 3 is 2.09 bits per heavy atom. The first kappa shape index (κ1) is 18.7. The van der Waals surface area contributed by atoms with Crippen LogP contribution in [0.2, 0.25) is 19.6 Å². The fourth-order valence-corrected chi connectivity index (χ4v) is 3.15. The van der Waals surface area contributed by atoms with E-state index in [4.69, 9.17) is 4.43 Å². The minimum Gasteiger partial charge on any atom is -0.409 e. The highest BCUT2D eigenvalue weighted by molar-refractivity contribution is 6.69. The maximum absolute atomic E-state index is 12.6. The molecule has 1 aromatic carbocycles. The van der Waals surface area contributed by atoms with Crippen molar-refractivity contribution in [1.29, 1.82) is 0 Å². The third kappa shape index (κ3) is 5.13. The Morgan fingerprint density at radius 2 is 1.68 bits per heavy atom. The normalized spacial score (nSPS) is 15.3. The van der Waals surface area contributed by atoms with Gasteiger partial charge in [0.25, 0.3) is 0 Å². The monoisotopic (exact) mass is 333 g/mol. The molecule has 0 aliphatic carbocycles. The zero-order chi connectivity index (χ0) is 17.1. The first-order valence-corrected chi connectivity index (χ1v) is 10.4. The lowest BCUT2D eigenvalue weighted by Crippen LogP contribution is -2.47. The van der Waals surface area contributed by atoms with Gasteiger partial charge in [-0.25, -0.2) is 0 Å². The minimum absolute atomic E-state index is 0.593. The molecule has 0 fully saturated rings. The predicted molar refractivity (Wildman–Crippen MR) is 81.9 cm³/mol. The number of carbonyl (C=O) groups is 1. The molecule has 1 rings (SSSR count). The van der Waals surface area contributed by atoms with E-state index in [1.54, 1.807) is 31.2 Å². The van der Waals surface area contributed by atoms with E-state index in [2.05, 4.69) is 0 Å². The van der Waals surface area contributed by atoms with Crippen molar-refractivity contribution >= 4 is 14.2 Å². The van der Waals surface area contributed by atoms with Crippen LogP contribution in [0.1, 0.15) is 18.6 Å². The average molecular weight is 333 g/mol. The summed E-state index contributed by atoms with van der Waals surface area (Å²) in [4.78, 5) is 12.2. The Labute approximate surface area is 130 Å². The van der Waals surface area contributed by atoms with Gasteiger partial charge < -0.3 is 9.33 Å². The molecule has 1 aromatic rings. The number of carbonyl (C=O) groups excluding carboxylic acids is 1. The smallest absolute Gasteiger partial charge is 0.409 e. The average Bonchev–Trinajstić information content (AvgIpc) is 2.41. The summed E-state index contributed by atoms with van der Waals surface area (Å²) in [5, 5.41) is 0. The van der Waals surface area contributed by atoms with Crippen molar-refractivity contribution in [2.24, 2.45) is 0 Å². The number of amides is 1. The van der Waals surface area contributed by atoms with Crippen molar-refractivity contribution in [3.8, 4) is 0 Å². The van der Waals surface area contributed by atoms with Gasteiger partial charge >= 0.3 is 12.1 Å². The van der Waals surface area contributed by atoms with Gasteiger partial charge in [0.05, 0.1) is 12.1 Å². The number of halogens is 3. The molecule has 2 unspecified atom stereocenters. The Hall–Kier alpha value is -1.34. The molecule has 0 heterocycles. The van der Waals surface area contributed by atoms with Crippen LogP contribution >= 0.6 is 0 Å². The largest absolute Gasteiger partial charge is 0.471 e. The minimum atomic E-state index is -4.89. The topological polar surface area (TPSA) is 29.5 Å². The third-order valence-corrected chi connectivity index (χ3v) is 4.18. The van der Waals surface area contributed by atoms with Crippen molar-refractivity contribution in [3.63, 3.8) is 0 Å². The summed E-state index contributed by atoms with van der Waals surface area (Å²) in [7, 11) is -0.855. The molecule has 0 spiro atoms. The Morgan fingerprint density at radius 1 is 1.18 bits per heavy atom. The molecule has 0 aromatic heterocycles. The summed E-state index contributed by atoms with van der Waals surface area (Å²) in [5.74, 6) is -1.86. The maximum atomic E-state index is 12.6. The number of likely N-dealkylation sites (N-methyl/N-ethyl adjacent to an activating group) is 1. The summed E-state index contributed by atoms with van der Waals surface area (Å²) in [6.45, 7) is 7.45. The second kappa shape index (κ2) is 6.83. The quantitative estimate of drug-likeness (QED) is 0.763. The van der Waals surface area contributed by atoms with Crippen LogP contribution in [0, 0.1) is 0 Å².